The quantitative estimate of drug-likeness (QED) is 0.516. The molecule has 130 valence electrons. The molecule has 0 radical (unpaired) electrons. The number of methoxy groups -OCH3 is 1. The number of aromatic nitrogens is 3. The maximum Gasteiger partial charge on any atom is 0.259 e. The molecule has 0 amide bonds. The molecule has 0 aliphatic carbocycles. The van der Waals surface area contributed by atoms with Gasteiger partial charge in [0, 0.05) is 23.3 Å². The van der Waals surface area contributed by atoms with Crippen molar-refractivity contribution in [3.8, 4) is 17.0 Å². The Labute approximate surface area is 149 Å². The van der Waals surface area contributed by atoms with Crippen molar-refractivity contribution >= 4 is 16.6 Å². The summed E-state index contributed by atoms with van der Waals surface area (Å²) in [5.41, 5.74) is 3.75. The number of fused-ring (bicyclic) bond motifs is 1. The Kier molecular flexibility index (Phi) is 4.15. The minimum absolute atomic E-state index is 0.158. The number of rotatable bonds is 5. The van der Waals surface area contributed by atoms with Crippen molar-refractivity contribution in [2.75, 3.05) is 12.4 Å². The number of hydrogen-bond acceptors (Lipinski definition) is 4. The first kappa shape index (κ1) is 16.0. The van der Waals surface area contributed by atoms with Gasteiger partial charge < -0.3 is 20.0 Å². The van der Waals surface area contributed by atoms with Crippen LogP contribution in [0.1, 0.15) is 5.69 Å². The molecule has 0 atom stereocenters. The Morgan fingerprint density at radius 2 is 2.08 bits per heavy atom. The van der Waals surface area contributed by atoms with Crippen LogP contribution in [0, 0.1) is 0 Å². The van der Waals surface area contributed by atoms with Crippen molar-refractivity contribution < 1.29 is 4.74 Å². The maximum absolute atomic E-state index is 12.5. The lowest BCUT2D eigenvalue weighted by atomic mass is 10.1. The van der Waals surface area contributed by atoms with Gasteiger partial charge in [-0.1, -0.05) is 6.07 Å². The molecule has 0 spiro atoms. The van der Waals surface area contributed by atoms with Gasteiger partial charge >= 0.3 is 0 Å². The number of anilines is 1. The van der Waals surface area contributed by atoms with E-state index in [1.165, 1.54) is 0 Å². The molecular weight excluding hydrogens is 328 g/mol. The number of ether oxygens (including phenoxy) is 1. The highest BCUT2D eigenvalue weighted by Gasteiger charge is 2.13. The van der Waals surface area contributed by atoms with E-state index in [4.69, 9.17) is 4.74 Å². The lowest BCUT2D eigenvalue weighted by molar-refractivity contribution is 0.415. The number of aromatic amines is 2. The Balaban J connectivity index is 1.73. The average Bonchev–Trinajstić information content (AvgIpc) is 3.09. The van der Waals surface area contributed by atoms with E-state index in [2.05, 4.69) is 20.3 Å². The first-order chi connectivity index (χ1) is 12.7. The third-order valence-electron chi connectivity index (χ3n) is 4.24. The van der Waals surface area contributed by atoms with Crippen molar-refractivity contribution in [1.29, 1.82) is 0 Å². The van der Waals surface area contributed by atoms with E-state index in [9.17, 15) is 4.79 Å². The largest absolute Gasteiger partial charge is 0.497 e. The minimum atomic E-state index is -0.158. The van der Waals surface area contributed by atoms with Gasteiger partial charge in [-0.3, -0.25) is 9.78 Å². The molecule has 4 rings (SSSR count). The summed E-state index contributed by atoms with van der Waals surface area (Å²) < 4.78 is 5.27. The van der Waals surface area contributed by atoms with Crippen LogP contribution in [0.4, 0.5) is 5.69 Å². The van der Waals surface area contributed by atoms with E-state index in [-0.39, 0.29) is 5.56 Å². The third-order valence-corrected chi connectivity index (χ3v) is 4.24. The van der Waals surface area contributed by atoms with Gasteiger partial charge in [0.25, 0.3) is 5.56 Å². The fourth-order valence-electron chi connectivity index (χ4n) is 2.95. The molecule has 0 unspecified atom stereocenters. The molecule has 1 aromatic carbocycles. The normalized spacial score (nSPS) is 10.8. The highest BCUT2D eigenvalue weighted by Crippen LogP contribution is 2.29. The summed E-state index contributed by atoms with van der Waals surface area (Å²) in [5.74, 6) is 0.776. The van der Waals surface area contributed by atoms with Gasteiger partial charge in [-0.05, 0) is 42.5 Å². The molecule has 3 heterocycles. The summed E-state index contributed by atoms with van der Waals surface area (Å²) in [4.78, 5) is 22.9. The van der Waals surface area contributed by atoms with Gasteiger partial charge in [0.2, 0.25) is 0 Å². The van der Waals surface area contributed by atoms with Crippen LogP contribution >= 0.6 is 0 Å². The topological polar surface area (TPSA) is 82.8 Å². The first-order valence-corrected chi connectivity index (χ1v) is 8.27. The van der Waals surface area contributed by atoms with Crippen molar-refractivity contribution in [1.82, 2.24) is 15.0 Å². The molecule has 0 aliphatic heterocycles. The fourth-order valence-corrected chi connectivity index (χ4v) is 2.95. The summed E-state index contributed by atoms with van der Waals surface area (Å²) in [6.07, 6.45) is 3.39. The molecule has 3 aromatic heterocycles. The lowest BCUT2D eigenvalue weighted by Gasteiger charge is -2.10. The van der Waals surface area contributed by atoms with Crippen molar-refractivity contribution in [2.24, 2.45) is 0 Å². The number of hydrogen-bond donors (Lipinski definition) is 3. The minimum Gasteiger partial charge on any atom is -0.497 e. The molecule has 0 fully saturated rings. The van der Waals surface area contributed by atoms with Gasteiger partial charge in [-0.2, -0.15) is 0 Å². The van der Waals surface area contributed by atoms with Crippen LogP contribution in [-0.4, -0.2) is 22.1 Å². The van der Waals surface area contributed by atoms with Gasteiger partial charge in [0.15, 0.2) is 0 Å². The number of nitrogens with one attached hydrogen (secondary N) is 3. The lowest BCUT2D eigenvalue weighted by Crippen LogP contribution is -2.12. The molecule has 6 nitrogen and oxygen atoms in total. The smallest absolute Gasteiger partial charge is 0.259 e. The van der Waals surface area contributed by atoms with Crippen LogP contribution in [0.15, 0.2) is 65.7 Å². The Morgan fingerprint density at radius 1 is 1.15 bits per heavy atom. The second-order valence-electron chi connectivity index (χ2n) is 5.91. The van der Waals surface area contributed by atoms with Crippen LogP contribution in [0.25, 0.3) is 22.2 Å². The van der Waals surface area contributed by atoms with Gasteiger partial charge in [0.1, 0.15) is 5.75 Å². The SMILES string of the molecule is COc1ccc2[nH]c(-c3c(NCc4ccccn4)cc[nH]c3=O)cc2c1. The van der Waals surface area contributed by atoms with E-state index >= 15 is 0 Å². The predicted molar refractivity (Wildman–Crippen MR) is 102 cm³/mol. The first-order valence-electron chi connectivity index (χ1n) is 8.27. The van der Waals surface area contributed by atoms with Crippen molar-refractivity contribution in [2.45, 2.75) is 6.54 Å². The van der Waals surface area contributed by atoms with Crippen LogP contribution in [0.5, 0.6) is 5.75 Å². The van der Waals surface area contributed by atoms with Crippen molar-refractivity contribution in [3.05, 3.63) is 77.0 Å². The zero-order valence-corrected chi connectivity index (χ0v) is 14.2. The molecular formula is C20H18N4O2. The number of pyridine rings is 2. The van der Waals surface area contributed by atoms with Crippen LogP contribution in [0.2, 0.25) is 0 Å². The monoisotopic (exact) mass is 346 g/mol. The van der Waals surface area contributed by atoms with Crippen LogP contribution < -0.4 is 15.6 Å². The molecule has 3 N–H and O–H groups in total. The van der Waals surface area contributed by atoms with Gasteiger partial charge in [0.05, 0.1) is 36.3 Å². The highest BCUT2D eigenvalue weighted by molar-refractivity contribution is 5.89. The standard InChI is InChI=1S/C20H18N4O2/c1-26-15-5-6-16-13(10-15)11-18(24-16)19-17(7-9-22-20(19)25)23-12-14-4-2-3-8-21-14/h2-11,24H,12H2,1H3,(H2,22,23,25). The van der Waals surface area contributed by atoms with Crippen LogP contribution in [0.3, 0.4) is 0 Å². The summed E-state index contributed by atoms with van der Waals surface area (Å²) in [6.45, 7) is 0.533. The van der Waals surface area contributed by atoms with E-state index < -0.39 is 0 Å². The van der Waals surface area contributed by atoms with Gasteiger partial charge in [-0.15, -0.1) is 0 Å². The molecule has 26 heavy (non-hydrogen) atoms. The van der Waals surface area contributed by atoms with Crippen molar-refractivity contribution in [3.63, 3.8) is 0 Å². The zero-order valence-electron chi connectivity index (χ0n) is 14.2. The predicted octanol–water partition coefficient (Wildman–Crippen LogP) is 3.54. The second kappa shape index (κ2) is 6.76. The molecule has 4 aromatic rings. The fraction of sp³-hybridized carbons (Fsp3) is 0.100. The van der Waals surface area contributed by atoms with E-state index in [1.807, 2.05) is 48.5 Å². The molecule has 6 heteroatoms. The van der Waals surface area contributed by atoms with Crippen LogP contribution in [-0.2, 0) is 6.54 Å². The zero-order chi connectivity index (χ0) is 17.9. The number of H-pyrrole nitrogens is 2. The van der Waals surface area contributed by atoms with E-state index in [0.29, 0.717) is 12.1 Å². The molecule has 0 saturated heterocycles. The number of benzene rings is 1. The van der Waals surface area contributed by atoms with E-state index in [1.54, 1.807) is 19.5 Å². The molecule has 0 bridgehead atoms. The summed E-state index contributed by atoms with van der Waals surface area (Å²) >= 11 is 0. The summed E-state index contributed by atoms with van der Waals surface area (Å²) in [6, 6.07) is 15.3. The van der Waals surface area contributed by atoms with E-state index in [0.717, 1.165) is 33.7 Å². The molecule has 0 aliphatic rings. The Bertz CT molecular complexity index is 1100. The number of nitrogens with zero attached hydrogens (tertiary/aromatic N) is 1. The third kappa shape index (κ3) is 3.04. The second-order valence-corrected chi connectivity index (χ2v) is 5.91. The Morgan fingerprint density at radius 3 is 2.88 bits per heavy atom. The molecule has 0 saturated carbocycles. The average molecular weight is 346 g/mol. The summed E-state index contributed by atoms with van der Waals surface area (Å²) in [5, 5.41) is 4.29. The Hall–Kier alpha value is -3.54. The highest BCUT2D eigenvalue weighted by atomic mass is 16.5. The summed E-state index contributed by atoms with van der Waals surface area (Å²) in [7, 11) is 1.64. The maximum atomic E-state index is 12.5. The van der Waals surface area contributed by atoms with Gasteiger partial charge in [-0.25, -0.2) is 0 Å².